The first-order valence-corrected chi connectivity index (χ1v) is 14.2. The molecule has 0 bridgehead atoms. The summed E-state index contributed by atoms with van der Waals surface area (Å²) in [6.45, 7) is 1.94. The molecule has 4 rings (SSSR count). The fraction of sp³-hybridized carbons (Fsp3) is 0.333. The van der Waals surface area contributed by atoms with Crippen molar-refractivity contribution in [3.8, 4) is 0 Å². The summed E-state index contributed by atoms with van der Waals surface area (Å²) in [6, 6.07) is 17.7. The molecule has 1 amide bonds. The molecule has 1 aliphatic rings. The predicted octanol–water partition coefficient (Wildman–Crippen LogP) is 5.05. The van der Waals surface area contributed by atoms with Crippen LogP contribution in [-0.2, 0) is 25.7 Å². The van der Waals surface area contributed by atoms with Gasteiger partial charge < -0.3 is 30.1 Å². The van der Waals surface area contributed by atoms with Gasteiger partial charge in [0.25, 0.3) is 0 Å². The number of nitrogens with zero attached hydrogens (tertiary/aromatic N) is 1. The van der Waals surface area contributed by atoms with E-state index in [1.54, 1.807) is 30.5 Å². The molecule has 41 heavy (non-hydrogen) atoms. The number of hydrogen-bond donors (Lipinski definition) is 4. The number of hydrogen-bond acceptors (Lipinski definition) is 8. The number of anilines is 1. The van der Waals surface area contributed by atoms with Gasteiger partial charge in [-0.05, 0) is 41.8 Å². The van der Waals surface area contributed by atoms with E-state index in [-0.39, 0.29) is 55.5 Å². The molecule has 10 nitrogen and oxygen atoms in total. The number of amides is 1. The van der Waals surface area contributed by atoms with E-state index in [0.717, 1.165) is 11.1 Å². The molecule has 0 spiro atoms. The highest BCUT2D eigenvalue weighted by molar-refractivity contribution is 7.99. The molecular formula is C30H32N2O8S. The number of aliphatic hydroxyl groups excluding tert-OH is 1. The van der Waals surface area contributed by atoms with Crippen LogP contribution in [0.1, 0.15) is 65.6 Å². The van der Waals surface area contributed by atoms with Gasteiger partial charge in [0.2, 0.25) is 5.91 Å². The molecular weight excluding hydrogens is 548 g/mol. The second-order valence-corrected chi connectivity index (χ2v) is 10.7. The van der Waals surface area contributed by atoms with Gasteiger partial charge in [0, 0.05) is 42.0 Å². The summed E-state index contributed by atoms with van der Waals surface area (Å²) in [4.78, 5) is 39.0. The predicted molar refractivity (Wildman–Crippen MR) is 151 cm³/mol. The van der Waals surface area contributed by atoms with Gasteiger partial charge in [0.15, 0.2) is 6.29 Å². The summed E-state index contributed by atoms with van der Waals surface area (Å²) < 4.78 is 12.9. The Balaban J connectivity index is 1.55. The standard InChI is InChI=1S/C30H32N2O8S/c1-18-24(17-41-28-23(29(37)38)7-4-14-31-28)39-30(40-27(18)20-12-10-19(16-33)11-13-20)21-5-2-6-22(15-21)32-25(34)8-3-9-26(35)36/h2,4-7,10-15,18,24,27,30,33H,3,8-9,16-17H2,1H3,(H,32,34)(H,35,36)(H,37,38). The fourth-order valence-electron chi connectivity index (χ4n) is 4.53. The number of carboxylic acid groups (broad SMARTS) is 2. The first-order chi connectivity index (χ1) is 19.7. The van der Waals surface area contributed by atoms with Crippen LogP contribution < -0.4 is 5.32 Å². The van der Waals surface area contributed by atoms with Gasteiger partial charge in [-0.15, -0.1) is 11.8 Å². The number of benzene rings is 2. The molecule has 1 aromatic heterocycles. The fourth-order valence-corrected chi connectivity index (χ4v) is 5.68. The van der Waals surface area contributed by atoms with Gasteiger partial charge in [-0.1, -0.05) is 43.3 Å². The number of aliphatic carboxylic acids is 1. The van der Waals surface area contributed by atoms with Crippen molar-refractivity contribution in [1.82, 2.24) is 4.98 Å². The first-order valence-electron chi connectivity index (χ1n) is 13.2. The molecule has 1 saturated heterocycles. The molecule has 1 aliphatic heterocycles. The Hall–Kier alpha value is -3.77. The van der Waals surface area contributed by atoms with Crippen molar-refractivity contribution in [3.05, 3.63) is 89.1 Å². The number of aromatic nitrogens is 1. The van der Waals surface area contributed by atoms with E-state index in [2.05, 4.69) is 10.3 Å². The topological polar surface area (TPSA) is 155 Å². The van der Waals surface area contributed by atoms with E-state index < -0.39 is 18.2 Å². The number of nitrogens with one attached hydrogen (secondary N) is 1. The molecule has 0 radical (unpaired) electrons. The normalized spacial score (nSPS) is 20.3. The third kappa shape index (κ3) is 8.14. The van der Waals surface area contributed by atoms with E-state index >= 15 is 0 Å². The van der Waals surface area contributed by atoms with Gasteiger partial charge in [0.1, 0.15) is 5.03 Å². The molecule has 0 aliphatic carbocycles. The minimum absolute atomic E-state index is 0.0723. The maximum absolute atomic E-state index is 12.3. The minimum atomic E-state index is -1.05. The number of carboxylic acids is 2. The molecule has 2 aromatic carbocycles. The Bertz CT molecular complexity index is 1370. The maximum Gasteiger partial charge on any atom is 0.338 e. The van der Waals surface area contributed by atoms with Crippen molar-refractivity contribution < 1.29 is 39.2 Å². The van der Waals surface area contributed by atoms with Crippen LogP contribution in [0.3, 0.4) is 0 Å². The second kappa shape index (κ2) is 14.2. The minimum Gasteiger partial charge on any atom is -0.481 e. The van der Waals surface area contributed by atoms with Crippen molar-refractivity contribution in [2.45, 2.75) is 56.3 Å². The summed E-state index contributed by atoms with van der Waals surface area (Å²) in [5, 5.41) is 31.0. The van der Waals surface area contributed by atoms with Gasteiger partial charge in [-0.2, -0.15) is 0 Å². The first kappa shape index (κ1) is 30.2. The average molecular weight is 581 g/mol. The van der Waals surface area contributed by atoms with Crippen LogP contribution in [0.2, 0.25) is 0 Å². The number of carbonyl (C=O) groups is 3. The van der Waals surface area contributed by atoms with Crippen molar-refractivity contribution in [2.75, 3.05) is 11.1 Å². The average Bonchev–Trinajstić information content (AvgIpc) is 2.96. The van der Waals surface area contributed by atoms with Crippen LogP contribution >= 0.6 is 11.8 Å². The highest BCUT2D eigenvalue weighted by Crippen LogP contribution is 2.43. The molecule has 3 aromatic rings. The number of thioether (sulfide) groups is 1. The lowest BCUT2D eigenvalue weighted by molar-refractivity contribution is -0.268. The van der Waals surface area contributed by atoms with Gasteiger partial charge in [-0.3, -0.25) is 9.59 Å². The number of carbonyl (C=O) groups excluding carboxylic acids is 1. The van der Waals surface area contributed by atoms with Crippen LogP contribution in [0, 0.1) is 5.92 Å². The number of aliphatic hydroxyl groups is 1. The molecule has 1 fully saturated rings. The lowest BCUT2D eigenvalue weighted by Crippen LogP contribution is -2.38. The Kier molecular flexibility index (Phi) is 10.5. The second-order valence-electron chi connectivity index (χ2n) is 9.72. The van der Waals surface area contributed by atoms with Gasteiger partial charge in [-0.25, -0.2) is 9.78 Å². The number of pyridine rings is 1. The third-order valence-corrected chi connectivity index (χ3v) is 7.84. The zero-order valence-electron chi connectivity index (χ0n) is 22.4. The molecule has 2 heterocycles. The van der Waals surface area contributed by atoms with Crippen LogP contribution in [0.15, 0.2) is 71.9 Å². The molecule has 0 saturated carbocycles. The SMILES string of the molecule is CC1C(CSc2ncccc2C(=O)O)OC(c2cccc(NC(=O)CCCC(=O)O)c2)OC1c1ccc(CO)cc1. The van der Waals surface area contributed by atoms with Crippen LogP contribution in [0.25, 0.3) is 0 Å². The highest BCUT2D eigenvalue weighted by Gasteiger charge is 2.38. The Morgan fingerprint density at radius 2 is 1.76 bits per heavy atom. The number of rotatable bonds is 12. The molecule has 11 heteroatoms. The molecule has 4 atom stereocenters. The van der Waals surface area contributed by atoms with Gasteiger partial charge in [0.05, 0.1) is 24.4 Å². The summed E-state index contributed by atoms with van der Waals surface area (Å²) in [7, 11) is 0. The van der Waals surface area contributed by atoms with Crippen molar-refractivity contribution >= 4 is 35.3 Å². The lowest BCUT2D eigenvalue weighted by atomic mass is 9.91. The summed E-state index contributed by atoms with van der Waals surface area (Å²) in [6.07, 6.45) is 0.292. The monoisotopic (exact) mass is 580 g/mol. The Morgan fingerprint density at radius 1 is 0.976 bits per heavy atom. The molecule has 4 unspecified atom stereocenters. The van der Waals surface area contributed by atoms with E-state index in [1.807, 2.05) is 37.3 Å². The van der Waals surface area contributed by atoms with Crippen molar-refractivity contribution in [1.29, 1.82) is 0 Å². The number of ether oxygens (including phenoxy) is 2. The van der Waals surface area contributed by atoms with Crippen molar-refractivity contribution in [2.24, 2.45) is 5.92 Å². The Labute approximate surface area is 241 Å². The maximum atomic E-state index is 12.3. The summed E-state index contributed by atoms with van der Waals surface area (Å²) in [5.74, 6) is -1.99. The van der Waals surface area contributed by atoms with Crippen LogP contribution in [-0.4, -0.2) is 50.0 Å². The summed E-state index contributed by atoms with van der Waals surface area (Å²) >= 11 is 1.30. The lowest BCUT2D eigenvalue weighted by Gasteiger charge is -2.41. The largest absolute Gasteiger partial charge is 0.481 e. The van der Waals surface area contributed by atoms with E-state index in [1.165, 1.54) is 17.8 Å². The zero-order chi connectivity index (χ0) is 29.4. The van der Waals surface area contributed by atoms with E-state index in [9.17, 15) is 24.6 Å². The van der Waals surface area contributed by atoms with Gasteiger partial charge >= 0.3 is 11.9 Å². The quantitative estimate of drug-likeness (QED) is 0.214. The summed E-state index contributed by atoms with van der Waals surface area (Å²) in [5.41, 5.74) is 3.02. The van der Waals surface area contributed by atoms with Crippen molar-refractivity contribution in [3.63, 3.8) is 0 Å². The van der Waals surface area contributed by atoms with E-state index in [4.69, 9.17) is 14.6 Å². The number of aromatic carboxylic acids is 1. The molecule has 4 N–H and O–H groups in total. The zero-order valence-corrected chi connectivity index (χ0v) is 23.3. The highest BCUT2D eigenvalue weighted by atomic mass is 32.2. The molecule has 216 valence electrons. The third-order valence-electron chi connectivity index (χ3n) is 6.75. The Morgan fingerprint density at radius 3 is 2.46 bits per heavy atom. The van der Waals surface area contributed by atoms with E-state index in [0.29, 0.717) is 22.0 Å². The van der Waals surface area contributed by atoms with Crippen LogP contribution in [0.5, 0.6) is 0 Å². The smallest absolute Gasteiger partial charge is 0.338 e. The van der Waals surface area contributed by atoms with Crippen LogP contribution in [0.4, 0.5) is 5.69 Å².